The number of fused-ring (bicyclic) bond motifs is 3. The van der Waals surface area contributed by atoms with Gasteiger partial charge >= 0.3 is 0 Å². The van der Waals surface area contributed by atoms with E-state index in [1.807, 2.05) is 0 Å². The zero-order chi connectivity index (χ0) is 15.5. The number of nitrogens with one attached hydrogen (secondary N) is 1. The Morgan fingerprint density at radius 2 is 1.95 bits per heavy atom. The van der Waals surface area contributed by atoms with Gasteiger partial charge in [0.25, 0.3) is 0 Å². The quantitative estimate of drug-likeness (QED) is 0.913. The van der Waals surface area contributed by atoms with Crippen molar-refractivity contribution in [3.8, 4) is 0 Å². The van der Waals surface area contributed by atoms with Crippen LogP contribution in [0.1, 0.15) is 25.7 Å². The molecule has 5 nitrogen and oxygen atoms in total. The van der Waals surface area contributed by atoms with Gasteiger partial charge in [-0.15, -0.1) is 0 Å². The van der Waals surface area contributed by atoms with Crippen LogP contribution in [0.15, 0.2) is 23.2 Å². The Kier molecular flexibility index (Phi) is 3.25. The highest BCUT2D eigenvalue weighted by Gasteiger charge is 2.44. The predicted molar refractivity (Wildman–Crippen MR) is 85.9 cm³/mol. The molecule has 0 amide bonds. The van der Waals surface area contributed by atoms with Gasteiger partial charge in [-0.05, 0) is 44.9 Å². The number of aromatic nitrogens is 2. The van der Waals surface area contributed by atoms with E-state index < -0.39 is 9.84 Å². The second-order valence-corrected chi connectivity index (χ2v) is 8.97. The zero-order valence-electron chi connectivity index (χ0n) is 12.3. The summed E-state index contributed by atoms with van der Waals surface area (Å²) in [4.78, 5) is 2.59. The third-order valence-electron chi connectivity index (χ3n) is 5.32. The second kappa shape index (κ2) is 4.94. The van der Waals surface area contributed by atoms with Gasteiger partial charge in [0.05, 0.1) is 26.9 Å². The van der Waals surface area contributed by atoms with Crippen LogP contribution in [0.2, 0.25) is 5.02 Å². The minimum atomic E-state index is -3.41. The van der Waals surface area contributed by atoms with E-state index >= 15 is 0 Å². The number of sulfone groups is 1. The number of hydrogen-bond donors (Lipinski definition) is 1. The first-order chi connectivity index (χ1) is 10.5. The molecule has 22 heavy (non-hydrogen) atoms. The normalized spacial score (nSPS) is 29.3. The summed E-state index contributed by atoms with van der Waals surface area (Å²) in [5.74, 6) is 0. The van der Waals surface area contributed by atoms with Crippen LogP contribution in [0.25, 0.3) is 10.9 Å². The van der Waals surface area contributed by atoms with E-state index in [0.717, 1.165) is 18.4 Å². The van der Waals surface area contributed by atoms with Crippen molar-refractivity contribution in [1.29, 1.82) is 0 Å². The summed E-state index contributed by atoms with van der Waals surface area (Å²) >= 11 is 6.35. The standard InChI is InChI=1S/C15H18ClN3O2S/c1-19-9-2-3-10(19)7-11(6-9)22(20,21)14-5-4-13-12(15(14)16)8-17-18-13/h4-5,8-11H,2-3,6-7H2,1H3,(H,17,18)/t9-,10+,11?. The molecule has 1 aromatic carbocycles. The summed E-state index contributed by atoms with van der Waals surface area (Å²) < 4.78 is 26.1. The van der Waals surface area contributed by atoms with Crippen molar-refractivity contribution in [3.05, 3.63) is 23.4 Å². The first-order valence-corrected chi connectivity index (χ1v) is 9.48. The van der Waals surface area contributed by atoms with Crippen LogP contribution < -0.4 is 0 Å². The molecule has 2 saturated heterocycles. The van der Waals surface area contributed by atoms with Gasteiger partial charge in [-0.3, -0.25) is 5.10 Å². The average molecular weight is 340 g/mol. The average Bonchev–Trinajstić information content (AvgIpc) is 3.01. The third kappa shape index (κ3) is 2.01. The molecule has 2 bridgehead atoms. The summed E-state index contributed by atoms with van der Waals surface area (Å²) in [5.41, 5.74) is 0.757. The SMILES string of the molecule is CN1[C@@H]2CC[C@H]1CC(S(=O)(=O)c1ccc3[nH]ncc3c1Cl)C2. The Balaban J connectivity index is 1.75. The zero-order valence-corrected chi connectivity index (χ0v) is 13.9. The Morgan fingerprint density at radius 1 is 1.27 bits per heavy atom. The summed E-state index contributed by atoms with van der Waals surface area (Å²) in [6, 6.07) is 4.12. The van der Waals surface area contributed by atoms with E-state index in [4.69, 9.17) is 11.6 Å². The maximum Gasteiger partial charge on any atom is 0.182 e. The molecule has 4 rings (SSSR count). The van der Waals surface area contributed by atoms with Crippen molar-refractivity contribution in [3.63, 3.8) is 0 Å². The predicted octanol–water partition coefficient (Wildman–Crippen LogP) is 2.62. The lowest BCUT2D eigenvalue weighted by molar-refractivity contribution is 0.180. The molecule has 0 spiro atoms. The lowest BCUT2D eigenvalue weighted by Gasteiger charge is -2.36. The molecule has 2 aromatic rings. The number of H-pyrrole nitrogens is 1. The molecule has 0 aliphatic carbocycles. The third-order valence-corrected chi connectivity index (χ3v) is 8.06. The number of aromatic amines is 1. The van der Waals surface area contributed by atoms with Crippen LogP contribution in [0.3, 0.4) is 0 Å². The fourth-order valence-corrected chi connectivity index (χ4v) is 6.44. The van der Waals surface area contributed by atoms with Gasteiger partial charge in [-0.25, -0.2) is 8.42 Å². The molecule has 1 aromatic heterocycles. The van der Waals surface area contributed by atoms with Gasteiger partial charge in [0.2, 0.25) is 0 Å². The topological polar surface area (TPSA) is 66.1 Å². The van der Waals surface area contributed by atoms with Crippen molar-refractivity contribution >= 4 is 32.3 Å². The van der Waals surface area contributed by atoms with Gasteiger partial charge in [0, 0.05) is 17.5 Å². The van der Waals surface area contributed by atoms with E-state index in [0.29, 0.717) is 30.3 Å². The van der Waals surface area contributed by atoms with Crippen LogP contribution in [-0.2, 0) is 9.84 Å². The first-order valence-electron chi connectivity index (χ1n) is 7.56. The summed E-state index contributed by atoms with van der Waals surface area (Å²) in [7, 11) is -1.30. The fraction of sp³-hybridized carbons (Fsp3) is 0.533. The van der Waals surface area contributed by atoms with Gasteiger partial charge in [0.1, 0.15) is 0 Å². The fourth-order valence-electron chi connectivity index (χ4n) is 3.98. The van der Waals surface area contributed by atoms with Gasteiger partial charge < -0.3 is 4.90 Å². The number of nitrogens with zero attached hydrogens (tertiary/aromatic N) is 2. The molecule has 2 fully saturated rings. The molecular formula is C15H18ClN3O2S. The van der Waals surface area contributed by atoms with Crippen LogP contribution in [0, 0.1) is 0 Å². The Morgan fingerprint density at radius 3 is 2.64 bits per heavy atom. The number of benzene rings is 1. The lowest BCUT2D eigenvalue weighted by Crippen LogP contribution is -2.44. The first kappa shape index (κ1) is 14.5. The van der Waals surface area contributed by atoms with E-state index in [1.165, 1.54) is 0 Å². The Hall–Kier alpha value is -1.11. The number of rotatable bonds is 2. The molecule has 1 unspecified atom stereocenters. The van der Waals surface area contributed by atoms with E-state index in [2.05, 4.69) is 22.1 Å². The molecule has 0 radical (unpaired) electrons. The van der Waals surface area contributed by atoms with E-state index in [-0.39, 0.29) is 15.2 Å². The van der Waals surface area contributed by atoms with Crippen molar-refractivity contribution in [2.75, 3.05) is 7.05 Å². The maximum atomic E-state index is 13.1. The molecule has 7 heteroatoms. The highest BCUT2D eigenvalue weighted by Crippen LogP contribution is 2.40. The monoisotopic (exact) mass is 339 g/mol. The Bertz CT molecular complexity index is 818. The van der Waals surface area contributed by atoms with Crippen molar-refractivity contribution in [2.24, 2.45) is 0 Å². The maximum absolute atomic E-state index is 13.1. The van der Waals surface area contributed by atoms with E-state index in [9.17, 15) is 8.42 Å². The number of hydrogen-bond acceptors (Lipinski definition) is 4. The summed E-state index contributed by atoms with van der Waals surface area (Å²) in [6.45, 7) is 0. The molecular weight excluding hydrogens is 322 g/mol. The van der Waals surface area contributed by atoms with Crippen molar-refractivity contribution in [1.82, 2.24) is 15.1 Å². The number of piperidine rings is 1. The van der Waals surface area contributed by atoms with E-state index in [1.54, 1.807) is 18.3 Å². The largest absolute Gasteiger partial charge is 0.300 e. The van der Waals surface area contributed by atoms with Crippen LogP contribution >= 0.6 is 11.6 Å². The molecule has 3 heterocycles. The smallest absolute Gasteiger partial charge is 0.182 e. The molecule has 3 atom stereocenters. The van der Waals surface area contributed by atoms with Crippen molar-refractivity contribution < 1.29 is 8.42 Å². The molecule has 2 aliphatic heterocycles. The van der Waals surface area contributed by atoms with Crippen LogP contribution in [0.4, 0.5) is 0 Å². The van der Waals surface area contributed by atoms with Crippen LogP contribution in [0.5, 0.6) is 0 Å². The van der Waals surface area contributed by atoms with Gasteiger partial charge in [0.15, 0.2) is 9.84 Å². The Labute approximate surface area is 134 Å². The van der Waals surface area contributed by atoms with Gasteiger partial charge in [-0.2, -0.15) is 5.10 Å². The highest BCUT2D eigenvalue weighted by atomic mass is 35.5. The highest BCUT2D eigenvalue weighted by molar-refractivity contribution is 7.92. The number of halogens is 1. The molecule has 1 N–H and O–H groups in total. The summed E-state index contributed by atoms with van der Waals surface area (Å²) in [6.07, 6.45) is 5.18. The second-order valence-electron chi connectivity index (χ2n) is 6.40. The lowest BCUT2D eigenvalue weighted by atomic mass is 10.0. The van der Waals surface area contributed by atoms with Gasteiger partial charge in [-0.1, -0.05) is 11.6 Å². The summed E-state index contributed by atoms with van der Waals surface area (Å²) in [5, 5.41) is 7.37. The molecule has 0 saturated carbocycles. The molecule has 2 aliphatic rings. The minimum Gasteiger partial charge on any atom is -0.300 e. The van der Waals surface area contributed by atoms with Crippen LogP contribution in [-0.4, -0.2) is 47.9 Å². The molecule has 118 valence electrons. The minimum absolute atomic E-state index is 0.247. The van der Waals surface area contributed by atoms with Crippen molar-refractivity contribution in [2.45, 2.75) is 47.9 Å².